The summed E-state index contributed by atoms with van der Waals surface area (Å²) in [6.45, 7) is 0. The van der Waals surface area contributed by atoms with Gasteiger partial charge in [-0.3, -0.25) is 0 Å². The molecule has 0 radical (unpaired) electrons. The quantitative estimate of drug-likeness (QED) is 0.239. The Labute approximate surface area is 224 Å². The normalized spacial score (nSPS) is 12.1. The van der Waals surface area contributed by atoms with Crippen LogP contribution >= 0.6 is 0 Å². The highest BCUT2D eigenvalue weighted by Gasteiger charge is 2.24. The maximum atomic E-state index is 6.55. The summed E-state index contributed by atoms with van der Waals surface area (Å²) in [7, 11) is 0. The molecule has 8 aromatic rings. The molecule has 0 atom stereocenters. The molecule has 3 nitrogen and oxygen atoms in total. The number of fused-ring (bicyclic) bond motifs is 4. The van der Waals surface area contributed by atoms with Gasteiger partial charge in [-0.05, 0) is 51.9 Å². The smallest absolute Gasteiger partial charge is 0.160 e. The Balaban J connectivity index is 1.41. The predicted octanol–water partition coefficient (Wildman–Crippen LogP) is 9.66. The zero-order valence-electron chi connectivity index (χ0n) is 20.8. The van der Waals surface area contributed by atoms with Gasteiger partial charge in [0.2, 0.25) is 0 Å². The van der Waals surface area contributed by atoms with E-state index in [2.05, 4.69) is 103 Å². The van der Waals surface area contributed by atoms with Gasteiger partial charge in [0.05, 0.1) is 11.2 Å². The number of hydrogen-bond acceptors (Lipinski definition) is 3. The van der Waals surface area contributed by atoms with Crippen molar-refractivity contribution in [3.63, 3.8) is 0 Å². The highest BCUT2D eigenvalue weighted by Crippen LogP contribution is 2.49. The number of benzene rings is 6. The molecular formula is C36H20N2O. The van der Waals surface area contributed by atoms with Gasteiger partial charge in [-0.15, -0.1) is 0 Å². The lowest BCUT2D eigenvalue weighted by Crippen LogP contribution is -1.95. The van der Waals surface area contributed by atoms with Crippen LogP contribution in [-0.4, -0.2) is 9.97 Å². The topological polar surface area (TPSA) is 38.9 Å². The van der Waals surface area contributed by atoms with E-state index in [1.807, 2.05) is 18.2 Å². The summed E-state index contributed by atoms with van der Waals surface area (Å²) >= 11 is 0. The van der Waals surface area contributed by atoms with Crippen molar-refractivity contribution in [1.82, 2.24) is 9.97 Å². The average molecular weight is 497 g/mol. The highest BCUT2D eigenvalue weighted by molar-refractivity contribution is 6.29. The van der Waals surface area contributed by atoms with E-state index in [9.17, 15) is 0 Å². The van der Waals surface area contributed by atoms with Crippen LogP contribution in [0.15, 0.2) is 126 Å². The first kappa shape index (κ1) is 20.7. The number of nitrogens with zero attached hydrogens (tertiary/aromatic N) is 2. The molecule has 1 aliphatic carbocycles. The van der Waals surface area contributed by atoms with E-state index in [0.29, 0.717) is 5.82 Å². The second-order valence-electron chi connectivity index (χ2n) is 10.2. The van der Waals surface area contributed by atoms with Gasteiger partial charge in [0.25, 0.3) is 0 Å². The first-order valence-electron chi connectivity index (χ1n) is 13.2. The Morgan fingerprint density at radius 1 is 0.462 bits per heavy atom. The molecule has 6 aromatic carbocycles. The number of para-hydroxylation sites is 1. The second-order valence-corrected chi connectivity index (χ2v) is 10.2. The molecule has 1 aliphatic rings. The fraction of sp³-hybridized carbons (Fsp3) is 0. The van der Waals surface area contributed by atoms with Crippen LogP contribution in [0.25, 0.3) is 88.5 Å². The molecule has 0 bridgehead atoms. The van der Waals surface area contributed by atoms with Crippen LogP contribution in [0.4, 0.5) is 0 Å². The largest absolute Gasteiger partial charge is 0.456 e. The van der Waals surface area contributed by atoms with Gasteiger partial charge in [-0.25, -0.2) is 9.97 Å². The summed E-state index contributed by atoms with van der Waals surface area (Å²) in [5, 5.41) is 5.85. The molecule has 0 saturated heterocycles. The molecule has 2 heterocycles. The van der Waals surface area contributed by atoms with E-state index in [1.54, 1.807) is 0 Å². The van der Waals surface area contributed by atoms with Crippen molar-refractivity contribution in [3.05, 3.63) is 121 Å². The Bertz CT molecular complexity index is 2280. The van der Waals surface area contributed by atoms with E-state index in [1.165, 1.54) is 32.8 Å². The van der Waals surface area contributed by atoms with Gasteiger partial charge in [-0.2, -0.15) is 0 Å². The summed E-state index contributed by atoms with van der Waals surface area (Å²) in [6.07, 6.45) is 0. The molecule has 3 heteroatoms. The fourth-order valence-electron chi connectivity index (χ4n) is 6.31. The summed E-state index contributed by atoms with van der Waals surface area (Å²) in [4.78, 5) is 10.2. The number of rotatable bonds is 2. The molecule has 0 N–H and O–H groups in total. The molecule has 0 unspecified atom stereocenters. The Hall–Kier alpha value is -5.28. The van der Waals surface area contributed by atoms with E-state index in [0.717, 1.165) is 49.8 Å². The lowest BCUT2D eigenvalue weighted by Gasteiger charge is -2.13. The van der Waals surface area contributed by atoms with Gasteiger partial charge >= 0.3 is 0 Å². The monoisotopic (exact) mass is 496 g/mol. The van der Waals surface area contributed by atoms with Gasteiger partial charge in [0.15, 0.2) is 5.82 Å². The summed E-state index contributed by atoms with van der Waals surface area (Å²) in [6, 6.07) is 42.4. The van der Waals surface area contributed by atoms with Gasteiger partial charge in [0.1, 0.15) is 11.2 Å². The average Bonchev–Trinajstić information content (AvgIpc) is 3.33. The van der Waals surface area contributed by atoms with E-state index < -0.39 is 0 Å². The molecular weight excluding hydrogens is 476 g/mol. The molecule has 2 aromatic heterocycles. The Morgan fingerprint density at radius 3 is 2.13 bits per heavy atom. The highest BCUT2D eigenvalue weighted by atomic mass is 16.3. The first-order valence-corrected chi connectivity index (χ1v) is 13.2. The van der Waals surface area contributed by atoms with Crippen LogP contribution in [-0.2, 0) is 0 Å². The summed E-state index contributed by atoms with van der Waals surface area (Å²) < 4.78 is 6.55. The summed E-state index contributed by atoms with van der Waals surface area (Å²) in [5.41, 5.74) is 10.4. The van der Waals surface area contributed by atoms with Crippen molar-refractivity contribution in [2.75, 3.05) is 0 Å². The maximum Gasteiger partial charge on any atom is 0.160 e. The Morgan fingerprint density at radius 2 is 1.23 bits per heavy atom. The molecule has 39 heavy (non-hydrogen) atoms. The minimum absolute atomic E-state index is 0.690. The van der Waals surface area contributed by atoms with Crippen molar-refractivity contribution in [3.8, 4) is 44.9 Å². The molecule has 0 amide bonds. The number of hydrogen-bond donors (Lipinski definition) is 0. The zero-order valence-corrected chi connectivity index (χ0v) is 20.8. The SMILES string of the molecule is c1ccc(-c2nc(-c3cc4c5c(c3)oc3ccc6cccc(c6c35)-c3ccccc3-4)nc3ccccc23)cc1. The van der Waals surface area contributed by atoms with Crippen molar-refractivity contribution in [1.29, 1.82) is 0 Å². The number of aromatic nitrogens is 2. The standard InChI is InChI=1S/C36H20N2O/c1-2-9-22(10-3-1)35-27-14-6-7-16-29(27)37-36(38-35)23-19-28-25-13-5-4-12-24(25)26-15-8-11-21-17-18-30-34(32(21)26)33(28)31(20-23)39-30/h1-20H. The van der Waals surface area contributed by atoms with Crippen molar-refractivity contribution < 1.29 is 4.42 Å². The molecule has 0 fully saturated rings. The lowest BCUT2D eigenvalue weighted by molar-refractivity contribution is 0.669. The van der Waals surface area contributed by atoms with Crippen LogP contribution < -0.4 is 0 Å². The third-order valence-corrected chi connectivity index (χ3v) is 8.00. The molecule has 0 saturated carbocycles. The van der Waals surface area contributed by atoms with E-state index in [4.69, 9.17) is 14.4 Å². The van der Waals surface area contributed by atoms with Gasteiger partial charge in [-0.1, -0.05) is 97.1 Å². The van der Waals surface area contributed by atoms with E-state index in [-0.39, 0.29) is 0 Å². The lowest BCUT2D eigenvalue weighted by atomic mass is 9.93. The van der Waals surface area contributed by atoms with Gasteiger partial charge < -0.3 is 4.42 Å². The zero-order chi connectivity index (χ0) is 25.5. The first-order chi connectivity index (χ1) is 19.3. The molecule has 0 aliphatic heterocycles. The van der Waals surface area contributed by atoms with Crippen molar-refractivity contribution in [2.24, 2.45) is 0 Å². The molecule has 180 valence electrons. The van der Waals surface area contributed by atoms with Crippen LogP contribution in [0.1, 0.15) is 0 Å². The fourth-order valence-corrected chi connectivity index (χ4v) is 6.31. The number of furan rings is 1. The van der Waals surface area contributed by atoms with E-state index >= 15 is 0 Å². The predicted molar refractivity (Wildman–Crippen MR) is 160 cm³/mol. The van der Waals surface area contributed by atoms with Crippen LogP contribution in [0, 0.1) is 0 Å². The minimum Gasteiger partial charge on any atom is -0.456 e. The van der Waals surface area contributed by atoms with Crippen LogP contribution in [0.5, 0.6) is 0 Å². The van der Waals surface area contributed by atoms with Crippen LogP contribution in [0.3, 0.4) is 0 Å². The Kier molecular flexibility index (Phi) is 4.05. The van der Waals surface area contributed by atoms with Crippen molar-refractivity contribution in [2.45, 2.75) is 0 Å². The van der Waals surface area contributed by atoms with Crippen molar-refractivity contribution >= 4 is 43.6 Å². The molecule has 0 spiro atoms. The minimum atomic E-state index is 0.690. The molecule has 9 rings (SSSR count). The summed E-state index contributed by atoms with van der Waals surface area (Å²) in [5.74, 6) is 0.690. The third-order valence-electron chi connectivity index (χ3n) is 8.00. The van der Waals surface area contributed by atoms with Crippen LogP contribution in [0.2, 0.25) is 0 Å². The maximum absolute atomic E-state index is 6.55. The second kappa shape index (κ2) is 7.62. The van der Waals surface area contributed by atoms with Gasteiger partial charge in [0, 0.05) is 32.7 Å². The third kappa shape index (κ3) is 2.87.